The van der Waals surface area contributed by atoms with Gasteiger partial charge < -0.3 is 14.2 Å². The lowest BCUT2D eigenvalue weighted by atomic mass is 9.81. The molecule has 2 saturated carbocycles. The van der Waals surface area contributed by atoms with E-state index < -0.39 is 0 Å². The molecule has 0 aromatic rings. The molecular formula is C30H58O3. The molecular weight excluding hydrogens is 408 g/mol. The summed E-state index contributed by atoms with van der Waals surface area (Å²) < 4.78 is 18.9. The topological polar surface area (TPSA) is 27.7 Å². The molecule has 0 heterocycles. The highest BCUT2D eigenvalue weighted by atomic mass is 16.5. The molecule has 3 heteroatoms. The first kappa shape index (κ1) is 29.1. The maximum Gasteiger partial charge on any atom is 0.0712 e. The van der Waals surface area contributed by atoms with Gasteiger partial charge >= 0.3 is 0 Å². The third-order valence-corrected chi connectivity index (χ3v) is 8.49. The Hall–Kier alpha value is -0.120. The van der Waals surface area contributed by atoms with E-state index in [4.69, 9.17) is 14.2 Å². The van der Waals surface area contributed by atoms with Crippen LogP contribution in [0.4, 0.5) is 0 Å². The lowest BCUT2D eigenvalue weighted by Gasteiger charge is -2.46. The van der Waals surface area contributed by atoms with E-state index in [0.29, 0.717) is 0 Å². The second-order valence-corrected chi connectivity index (χ2v) is 11.3. The first-order chi connectivity index (χ1) is 16.2. The highest BCUT2D eigenvalue weighted by Gasteiger charge is 2.40. The van der Waals surface area contributed by atoms with E-state index in [9.17, 15) is 0 Å². The van der Waals surface area contributed by atoms with Crippen molar-refractivity contribution in [1.82, 2.24) is 0 Å². The van der Waals surface area contributed by atoms with Crippen LogP contribution in [0.2, 0.25) is 0 Å². The molecule has 2 rings (SSSR count). The zero-order valence-electron chi connectivity index (χ0n) is 22.6. The van der Waals surface area contributed by atoms with Gasteiger partial charge in [0.05, 0.1) is 11.2 Å². The molecule has 0 aliphatic heterocycles. The fraction of sp³-hybridized carbons (Fsp3) is 1.00. The number of rotatable bonds is 8. The van der Waals surface area contributed by atoms with Crippen LogP contribution in [0.3, 0.4) is 0 Å². The smallest absolute Gasteiger partial charge is 0.0712 e. The molecule has 2 aliphatic carbocycles. The first-order valence-electron chi connectivity index (χ1n) is 14.9. The fourth-order valence-corrected chi connectivity index (χ4v) is 6.36. The molecule has 0 N–H and O–H groups in total. The van der Waals surface area contributed by atoms with Gasteiger partial charge in [0.15, 0.2) is 0 Å². The molecule has 0 aromatic heterocycles. The van der Waals surface area contributed by atoms with Crippen LogP contribution >= 0.6 is 0 Å². The predicted octanol–water partition coefficient (Wildman–Crippen LogP) is 9.16. The maximum atomic E-state index is 7.56. The van der Waals surface area contributed by atoms with Gasteiger partial charge in [0.25, 0.3) is 0 Å². The van der Waals surface area contributed by atoms with E-state index in [1.165, 1.54) is 141 Å². The van der Waals surface area contributed by atoms with Crippen LogP contribution in [0.25, 0.3) is 0 Å². The van der Waals surface area contributed by atoms with Gasteiger partial charge in [-0.2, -0.15) is 0 Å². The van der Waals surface area contributed by atoms with E-state index in [2.05, 4.69) is 0 Å². The standard InChI is InChI=1S/C30H58O3/c1-31-27-25-29(21-17-13-9-5-3-6-10-14-18-22-29)33-30(26-28-32-2)23-19-15-11-7-4-8-12-16-20-24-30/h3-28H2,1-2H3. The van der Waals surface area contributed by atoms with Crippen LogP contribution in [0.15, 0.2) is 0 Å². The second-order valence-electron chi connectivity index (χ2n) is 11.3. The summed E-state index contributed by atoms with van der Waals surface area (Å²) >= 11 is 0. The molecule has 0 saturated heterocycles. The van der Waals surface area contributed by atoms with Gasteiger partial charge in [0, 0.05) is 27.4 Å². The van der Waals surface area contributed by atoms with Gasteiger partial charge in [-0.3, -0.25) is 0 Å². The zero-order valence-corrected chi connectivity index (χ0v) is 22.6. The van der Waals surface area contributed by atoms with Crippen LogP contribution in [-0.2, 0) is 14.2 Å². The summed E-state index contributed by atoms with van der Waals surface area (Å²) in [6.45, 7) is 1.64. The molecule has 0 unspecified atom stereocenters. The zero-order chi connectivity index (χ0) is 23.5. The normalized spacial score (nSPS) is 24.5. The maximum absolute atomic E-state index is 7.56. The Labute approximate surface area is 207 Å². The largest absolute Gasteiger partial charge is 0.385 e. The SMILES string of the molecule is COCCC1(OC2(CCOC)CCCCCCCCCCC2)CCCCCCCCCCC1. The Morgan fingerprint density at radius 3 is 0.879 bits per heavy atom. The summed E-state index contributed by atoms with van der Waals surface area (Å²) in [6, 6.07) is 0. The minimum Gasteiger partial charge on any atom is -0.385 e. The molecule has 0 amide bonds. The van der Waals surface area contributed by atoms with E-state index in [1.54, 1.807) is 0 Å². The molecule has 196 valence electrons. The van der Waals surface area contributed by atoms with E-state index in [1.807, 2.05) is 14.2 Å². The summed E-state index contributed by atoms with van der Waals surface area (Å²) in [7, 11) is 3.72. The van der Waals surface area contributed by atoms with Crippen molar-refractivity contribution in [3.8, 4) is 0 Å². The second kappa shape index (κ2) is 18.2. The average Bonchev–Trinajstić information content (AvgIpc) is 2.81. The number of ether oxygens (including phenoxy) is 3. The van der Waals surface area contributed by atoms with E-state index >= 15 is 0 Å². The van der Waals surface area contributed by atoms with Crippen LogP contribution in [0.1, 0.15) is 154 Å². The Kier molecular flexibility index (Phi) is 16.0. The van der Waals surface area contributed by atoms with Gasteiger partial charge in [-0.15, -0.1) is 0 Å². The molecule has 33 heavy (non-hydrogen) atoms. The van der Waals surface area contributed by atoms with Crippen LogP contribution in [0, 0.1) is 0 Å². The molecule has 0 aromatic carbocycles. The Bertz CT molecular complexity index is 386. The summed E-state index contributed by atoms with van der Waals surface area (Å²) in [4.78, 5) is 0. The monoisotopic (exact) mass is 466 g/mol. The van der Waals surface area contributed by atoms with Crippen molar-refractivity contribution < 1.29 is 14.2 Å². The fourth-order valence-electron chi connectivity index (χ4n) is 6.36. The molecule has 2 aliphatic rings. The molecule has 0 spiro atoms. The van der Waals surface area contributed by atoms with Crippen LogP contribution in [-0.4, -0.2) is 38.6 Å². The quantitative estimate of drug-likeness (QED) is 0.357. The van der Waals surface area contributed by atoms with Crippen LogP contribution < -0.4 is 0 Å². The molecule has 0 bridgehead atoms. The molecule has 0 atom stereocenters. The van der Waals surface area contributed by atoms with Crippen molar-refractivity contribution >= 4 is 0 Å². The third kappa shape index (κ3) is 12.4. The summed E-state index contributed by atoms with van der Waals surface area (Å²) in [5.41, 5.74) is -0.0277. The Balaban J connectivity index is 2.21. The van der Waals surface area contributed by atoms with Gasteiger partial charge in [-0.1, -0.05) is 116 Å². The van der Waals surface area contributed by atoms with Crippen molar-refractivity contribution in [3.05, 3.63) is 0 Å². The van der Waals surface area contributed by atoms with Crippen molar-refractivity contribution in [2.75, 3.05) is 27.4 Å². The average molecular weight is 467 g/mol. The number of methoxy groups -OCH3 is 2. The van der Waals surface area contributed by atoms with Crippen molar-refractivity contribution in [3.63, 3.8) is 0 Å². The first-order valence-corrected chi connectivity index (χ1v) is 14.9. The van der Waals surface area contributed by atoms with Gasteiger partial charge in [-0.25, -0.2) is 0 Å². The van der Waals surface area contributed by atoms with Gasteiger partial charge in [0.2, 0.25) is 0 Å². The summed E-state index contributed by atoms with van der Waals surface area (Å²) in [5.74, 6) is 0. The van der Waals surface area contributed by atoms with Gasteiger partial charge in [0.1, 0.15) is 0 Å². The highest BCUT2D eigenvalue weighted by molar-refractivity contribution is 4.90. The number of hydrogen-bond donors (Lipinski definition) is 0. The van der Waals surface area contributed by atoms with Gasteiger partial charge in [-0.05, 0) is 38.5 Å². The molecule has 2 fully saturated rings. The lowest BCUT2D eigenvalue weighted by Crippen LogP contribution is -2.46. The van der Waals surface area contributed by atoms with Crippen molar-refractivity contribution in [1.29, 1.82) is 0 Å². The third-order valence-electron chi connectivity index (χ3n) is 8.49. The summed E-state index contributed by atoms with van der Waals surface area (Å²) in [6.07, 6.45) is 31.8. The van der Waals surface area contributed by atoms with Crippen molar-refractivity contribution in [2.45, 2.75) is 165 Å². The van der Waals surface area contributed by atoms with Crippen molar-refractivity contribution in [2.24, 2.45) is 0 Å². The van der Waals surface area contributed by atoms with Crippen LogP contribution in [0.5, 0.6) is 0 Å². The number of hydrogen-bond acceptors (Lipinski definition) is 3. The van der Waals surface area contributed by atoms with E-state index in [0.717, 1.165) is 26.1 Å². The minimum atomic E-state index is -0.0139. The Morgan fingerprint density at radius 1 is 0.394 bits per heavy atom. The lowest BCUT2D eigenvalue weighted by molar-refractivity contribution is -0.189. The summed E-state index contributed by atoms with van der Waals surface area (Å²) in [5, 5.41) is 0. The Morgan fingerprint density at radius 2 is 0.636 bits per heavy atom. The molecule has 0 radical (unpaired) electrons. The molecule has 3 nitrogen and oxygen atoms in total. The minimum absolute atomic E-state index is 0.0139. The predicted molar refractivity (Wildman–Crippen MR) is 141 cm³/mol. The van der Waals surface area contributed by atoms with E-state index in [-0.39, 0.29) is 11.2 Å². The highest BCUT2D eigenvalue weighted by Crippen LogP contribution is 2.41.